The maximum atomic E-state index is 12.9. The van der Waals surface area contributed by atoms with E-state index < -0.39 is 17.9 Å². The topological polar surface area (TPSA) is 9.23 Å². The van der Waals surface area contributed by atoms with Gasteiger partial charge in [0.05, 0.1) is 8.95 Å². The van der Waals surface area contributed by atoms with E-state index in [0.29, 0.717) is 0 Å². The van der Waals surface area contributed by atoms with Crippen molar-refractivity contribution in [2.45, 2.75) is 6.36 Å². The molecule has 0 saturated carbocycles. The molecule has 0 atom stereocenters. The lowest BCUT2D eigenvalue weighted by Gasteiger charge is -2.09. The first-order chi connectivity index (χ1) is 6.29. The van der Waals surface area contributed by atoms with Gasteiger partial charge in [-0.1, -0.05) is 0 Å². The summed E-state index contributed by atoms with van der Waals surface area (Å²) in [5, 5.41) is 0. The van der Waals surface area contributed by atoms with Crippen molar-refractivity contribution in [3.63, 3.8) is 0 Å². The molecular weight excluding hydrogens is 336 g/mol. The molecule has 7 heteroatoms. The van der Waals surface area contributed by atoms with Gasteiger partial charge in [0.25, 0.3) is 0 Å². The normalized spacial score (nSPS) is 11.6. The van der Waals surface area contributed by atoms with Crippen LogP contribution < -0.4 is 4.74 Å². The third-order valence-corrected chi connectivity index (χ3v) is 2.34. The molecule has 0 unspecified atom stereocenters. The summed E-state index contributed by atoms with van der Waals surface area (Å²) in [7, 11) is 0. The number of alkyl halides is 3. The van der Waals surface area contributed by atoms with Crippen molar-refractivity contribution in [1.29, 1.82) is 0 Å². The molecular formula is C7H2Br2F4O. The molecule has 0 saturated heterocycles. The van der Waals surface area contributed by atoms with Gasteiger partial charge in [0.2, 0.25) is 0 Å². The lowest BCUT2D eigenvalue weighted by molar-refractivity contribution is -0.274. The summed E-state index contributed by atoms with van der Waals surface area (Å²) in [6, 6.07) is 1.79. The largest absolute Gasteiger partial charge is 0.573 e. The maximum Gasteiger partial charge on any atom is 0.573 e. The molecule has 78 valence electrons. The summed E-state index contributed by atoms with van der Waals surface area (Å²) >= 11 is 5.50. The van der Waals surface area contributed by atoms with Crippen molar-refractivity contribution >= 4 is 31.9 Å². The SMILES string of the molecule is Fc1c(Br)cc(OC(F)(F)F)cc1Br. The summed E-state index contributed by atoms with van der Waals surface area (Å²) in [6.45, 7) is 0. The Hall–Kier alpha value is -0.300. The van der Waals surface area contributed by atoms with Crippen LogP contribution in [0.3, 0.4) is 0 Å². The molecule has 1 rings (SSSR count). The molecule has 0 aliphatic rings. The van der Waals surface area contributed by atoms with Crippen molar-refractivity contribution in [3.8, 4) is 5.75 Å². The molecule has 0 aliphatic heterocycles. The lowest BCUT2D eigenvalue weighted by atomic mass is 10.3. The molecule has 1 aromatic rings. The van der Waals surface area contributed by atoms with Crippen LogP contribution in [0.4, 0.5) is 17.6 Å². The fraction of sp³-hybridized carbons (Fsp3) is 0.143. The Morgan fingerprint density at radius 1 is 1.07 bits per heavy atom. The maximum absolute atomic E-state index is 12.9. The Bertz CT molecular complexity index is 327. The van der Waals surface area contributed by atoms with Gasteiger partial charge in [0.15, 0.2) is 5.82 Å². The minimum atomic E-state index is -4.78. The summed E-state index contributed by atoms with van der Waals surface area (Å²) in [5.41, 5.74) is 0. The van der Waals surface area contributed by atoms with Crippen LogP contribution in [0.1, 0.15) is 0 Å². The molecule has 0 aromatic heterocycles. The van der Waals surface area contributed by atoms with Crippen molar-refractivity contribution in [2.75, 3.05) is 0 Å². The van der Waals surface area contributed by atoms with Gasteiger partial charge in [-0.3, -0.25) is 0 Å². The van der Waals surface area contributed by atoms with Crippen molar-refractivity contribution in [3.05, 3.63) is 26.9 Å². The minimum absolute atomic E-state index is 0.105. The first kappa shape index (κ1) is 11.8. The summed E-state index contributed by atoms with van der Waals surface area (Å²) in [4.78, 5) is 0. The van der Waals surface area contributed by atoms with Gasteiger partial charge in [0, 0.05) is 0 Å². The summed E-state index contributed by atoms with van der Waals surface area (Å²) < 4.78 is 51.6. The van der Waals surface area contributed by atoms with Crippen LogP contribution in [0.25, 0.3) is 0 Å². The molecule has 0 bridgehead atoms. The van der Waals surface area contributed by atoms with Gasteiger partial charge in [-0.2, -0.15) is 0 Å². The van der Waals surface area contributed by atoms with Crippen LogP contribution in [-0.2, 0) is 0 Å². The molecule has 0 fully saturated rings. The van der Waals surface area contributed by atoms with E-state index in [0.717, 1.165) is 12.1 Å². The highest BCUT2D eigenvalue weighted by Crippen LogP contribution is 2.32. The molecule has 0 radical (unpaired) electrons. The molecule has 0 N–H and O–H groups in total. The number of hydrogen-bond acceptors (Lipinski definition) is 1. The molecule has 1 nitrogen and oxygen atoms in total. The molecule has 0 amide bonds. The Balaban J connectivity index is 3.02. The van der Waals surface area contributed by atoms with Gasteiger partial charge < -0.3 is 4.74 Å². The van der Waals surface area contributed by atoms with E-state index in [1.807, 2.05) is 0 Å². The van der Waals surface area contributed by atoms with Gasteiger partial charge in [-0.25, -0.2) is 4.39 Å². The summed E-state index contributed by atoms with van der Waals surface area (Å²) in [6.07, 6.45) is -4.78. The summed E-state index contributed by atoms with van der Waals surface area (Å²) in [5.74, 6) is -1.17. The van der Waals surface area contributed by atoms with E-state index in [-0.39, 0.29) is 8.95 Å². The third kappa shape index (κ3) is 3.13. The van der Waals surface area contributed by atoms with Gasteiger partial charge in [-0.15, -0.1) is 13.2 Å². The smallest absolute Gasteiger partial charge is 0.406 e. The molecule has 0 aliphatic carbocycles. The fourth-order valence-electron chi connectivity index (χ4n) is 0.725. The predicted molar refractivity (Wildman–Crippen MR) is 48.5 cm³/mol. The van der Waals surface area contributed by atoms with Crippen molar-refractivity contribution in [2.24, 2.45) is 0 Å². The van der Waals surface area contributed by atoms with Gasteiger partial charge in [-0.05, 0) is 44.0 Å². The quantitative estimate of drug-likeness (QED) is 0.550. The first-order valence-corrected chi connectivity index (χ1v) is 4.78. The number of benzene rings is 1. The van der Waals surface area contributed by atoms with Crippen molar-refractivity contribution < 1.29 is 22.3 Å². The highest BCUT2D eigenvalue weighted by Gasteiger charge is 2.31. The van der Waals surface area contributed by atoms with Crippen LogP contribution in [0, 0.1) is 5.82 Å². The molecule has 14 heavy (non-hydrogen) atoms. The zero-order valence-electron chi connectivity index (χ0n) is 6.33. The van der Waals surface area contributed by atoms with E-state index >= 15 is 0 Å². The average Bonchev–Trinajstić information content (AvgIpc) is 1.96. The van der Waals surface area contributed by atoms with E-state index in [1.54, 1.807) is 0 Å². The van der Waals surface area contributed by atoms with E-state index in [1.165, 1.54) is 0 Å². The Labute approximate surface area is 93.3 Å². The van der Waals surface area contributed by atoms with Crippen LogP contribution in [0.15, 0.2) is 21.1 Å². The highest BCUT2D eigenvalue weighted by atomic mass is 79.9. The predicted octanol–water partition coefficient (Wildman–Crippen LogP) is 4.25. The van der Waals surface area contributed by atoms with E-state index in [2.05, 4.69) is 36.6 Å². The Morgan fingerprint density at radius 3 is 1.86 bits per heavy atom. The minimum Gasteiger partial charge on any atom is -0.406 e. The second-order valence-electron chi connectivity index (χ2n) is 2.25. The monoisotopic (exact) mass is 336 g/mol. The number of hydrogen-bond donors (Lipinski definition) is 0. The number of ether oxygens (including phenoxy) is 1. The van der Waals surface area contributed by atoms with Crippen LogP contribution in [-0.4, -0.2) is 6.36 Å². The molecule has 1 aromatic carbocycles. The molecule has 0 spiro atoms. The van der Waals surface area contributed by atoms with Crippen molar-refractivity contribution in [1.82, 2.24) is 0 Å². The fourth-order valence-corrected chi connectivity index (χ4v) is 1.87. The third-order valence-electron chi connectivity index (χ3n) is 1.19. The standard InChI is InChI=1S/C7H2Br2F4O/c8-4-1-3(14-7(11,12)13)2-5(9)6(4)10/h1-2H. The zero-order valence-corrected chi connectivity index (χ0v) is 9.50. The number of rotatable bonds is 1. The Morgan fingerprint density at radius 2 is 1.50 bits per heavy atom. The van der Waals surface area contributed by atoms with Gasteiger partial charge >= 0.3 is 6.36 Å². The van der Waals surface area contributed by atoms with E-state index in [9.17, 15) is 17.6 Å². The lowest BCUT2D eigenvalue weighted by Crippen LogP contribution is -2.17. The second kappa shape index (κ2) is 4.06. The zero-order chi connectivity index (χ0) is 10.9. The van der Waals surface area contributed by atoms with Crippen LogP contribution in [0.2, 0.25) is 0 Å². The molecule has 0 heterocycles. The van der Waals surface area contributed by atoms with Crippen LogP contribution >= 0.6 is 31.9 Å². The number of halogens is 6. The van der Waals surface area contributed by atoms with E-state index in [4.69, 9.17) is 0 Å². The van der Waals surface area contributed by atoms with Crippen LogP contribution in [0.5, 0.6) is 5.75 Å². The Kier molecular flexibility index (Phi) is 3.41. The van der Waals surface area contributed by atoms with Gasteiger partial charge in [0.1, 0.15) is 5.75 Å². The highest BCUT2D eigenvalue weighted by molar-refractivity contribution is 9.11. The first-order valence-electron chi connectivity index (χ1n) is 3.20. The average molecular weight is 338 g/mol. The second-order valence-corrected chi connectivity index (χ2v) is 3.96.